The monoisotopic (exact) mass is 347 g/mol. The molecule has 0 atom stereocenters. The molecule has 2 amide bonds. The molecule has 0 radical (unpaired) electrons. The van der Waals surface area contributed by atoms with E-state index in [-0.39, 0.29) is 11.8 Å². The Morgan fingerprint density at radius 1 is 1.16 bits per heavy atom. The molecule has 0 aliphatic carbocycles. The van der Waals surface area contributed by atoms with Crippen LogP contribution in [-0.2, 0) is 20.7 Å². The minimum atomic E-state index is -1.13. The first-order chi connectivity index (χ1) is 11.9. The molecule has 0 bridgehead atoms. The number of amides is 2. The minimum Gasteiger partial charge on any atom is -0.379 e. The van der Waals surface area contributed by atoms with E-state index in [1.165, 1.54) is 0 Å². The Morgan fingerprint density at radius 3 is 2.52 bits per heavy atom. The highest BCUT2D eigenvalue weighted by Gasteiger charge is 2.36. The average Bonchev–Trinajstić information content (AvgIpc) is 2.62. The van der Waals surface area contributed by atoms with Crippen molar-refractivity contribution in [2.45, 2.75) is 27.2 Å². The van der Waals surface area contributed by atoms with E-state index in [1.54, 1.807) is 13.8 Å². The van der Waals surface area contributed by atoms with Crippen LogP contribution in [0.3, 0.4) is 0 Å². The van der Waals surface area contributed by atoms with Crippen LogP contribution in [0.1, 0.15) is 26.3 Å². The highest BCUT2D eigenvalue weighted by Crippen LogP contribution is 2.21. The summed E-state index contributed by atoms with van der Waals surface area (Å²) in [6.45, 7) is 9.88. The molecule has 1 saturated heterocycles. The summed E-state index contributed by atoms with van der Waals surface area (Å²) in [5, 5.41) is 5.78. The number of ether oxygens (including phenoxy) is 1. The molecule has 6 nitrogen and oxygen atoms in total. The second-order valence-electron chi connectivity index (χ2n) is 6.80. The Hall–Kier alpha value is -1.92. The number of anilines is 1. The van der Waals surface area contributed by atoms with Crippen LogP contribution in [0.4, 0.5) is 5.69 Å². The van der Waals surface area contributed by atoms with Crippen molar-refractivity contribution in [3.05, 3.63) is 29.8 Å². The zero-order valence-corrected chi connectivity index (χ0v) is 15.4. The molecule has 0 saturated carbocycles. The van der Waals surface area contributed by atoms with Gasteiger partial charge in [-0.3, -0.25) is 14.5 Å². The predicted octanol–water partition coefficient (Wildman–Crippen LogP) is 1.66. The lowest BCUT2D eigenvalue weighted by atomic mass is 9.90. The van der Waals surface area contributed by atoms with Crippen molar-refractivity contribution in [1.29, 1.82) is 0 Å². The van der Waals surface area contributed by atoms with Crippen LogP contribution < -0.4 is 10.6 Å². The fourth-order valence-corrected chi connectivity index (χ4v) is 2.71. The van der Waals surface area contributed by atoms with Crippen molar-refractivity contribution in [3.8, 4) is 0 Å². The largest absolute Gasteiger partial charge is 0.379 e. The molecule has 25 heavy (non-hydrogen) atoms. The molecular weight excluding hydrogens is 318 g/mol. The average molecular weight is 347 g/mol. The Labute approximate surface area is 149 Å². The lowest BCUT2D eigenvalue weighted by Crippen LogP contribution is -2.48. The van der Waals surface area contributed by atoms with Gasteiger partial charge in [-0.2, -0.15) is 0 Å². The number of hydrogen-bond acceptors (Lipinski definition) is 4. The van der Waals surface area contributed by atoms with Gasteiger partial charge in [0.1, 0.15) is 5.41 Å². The molecule has 2 N–H and O–H groups in total. The quantitative estimate of drug-likeness (QED) is 0.736. The maximum Gasteiger partial charge on any atom is 0.239 e. The van der Waals surface area contributed by atoms with Crippen molar-refractivity contribution < 1.29 is 14.3 Å². The normalized spacial score (nSPS) is 15.6. The van der Waals surface area contributed by atoms with Gasteiger partial charge >= 0.3 is 0 Å². The van der Waals surface area contributed by atoms with Crippen LogP contribution in [0.25, 0.3) is 0 Å². The van der Waals surface area contributed by atoms with Gasteiger partial charge < -0.3 is 15.4 Å². The van der Waals surface area contributed by atoms with Gasteiger partial charge in [0.25, 0.3) is 0 Å². The molecule has 0 aromatic heterocycles. The SMILES string of the molecule is CCc1ccccc1NC(=O)C(C)(C)C(=O)NCCN1CCOCC1. The lowest BCUT2D eigenvalue weighted by molar-refractivity contribution is -0.138. The number of nitrogens with zero attached hydrogens (tertiary/aromatic N) is 1. The van der Waals surface area contributed by atoms with Crippen LogP contribution in [0.2, 0.25) is 0 Å². The van der Waals surface area contributed by atoms with Gasteiger partial charge in [-0.15, -0.1) is 0 Å². The van der Waals surface area contributed by atoms with Gasteiger partial charge in [0.05, 0.1) is 13.2 Å². The molecule has 0 spiro atoms. The standard InChI is InChI=1S/C19H29N3O3/c1-4-15-7-5-6-8-16(15)21-18(24)19(2,3)17(23)20-9-10-22-11-13-25-14-12-22/h5-8H,4,9-14H2,1-3H3,(H,20,23)(H,21,24). The maximum atomic E-state index is 12.6. The maximum absolute atomic E-state index is 12.6. The van der Waals surface area contributed by atoms with E-state index in [9.17, 15) is 9.59 Å². The van der Waals surface area contributed by atoms with Crippen LogP contribution in [0.5, 0.6) is 0 Å². The van der Waals surface area contributed by atoms with E-state index >= 15 is 0 Å². The highest BCUT2D eigenvalue weighted by molar-refractivity contribution is 6.10. The first-order valence-corrected chi connectivity index (χ1v) is 8.93. The Bertz CT molecular complexity index is 595. The molecule has 1 fully saturated rings. The molecule has 6 heteroatoms. The van der Waals surface area contributed by atoms with Gasteiger partial charge in [0.2, 0.25) is 11.8 Å². The first-order valence-electron chi connectivity index (χ1n) is 8.93. The summed E-state index contributed by atoms with van der Waals surface area (Å²) in [7, 11) is 0. The number of nitrogens with one attached hydrogen (secondary N) is 2. The van der Waals surface area contributed by atoms with Gasteiger partial charge in [0, 0.05) is 31.9 Å². The number of aryl methyl sites for hydroxylation is 1. The van der Waals surface area contributed by atoms with Crippen LogP contribution in [-0.4, -0.2) is 56.1 Å². The number of rotatable bonds is 7. The Balaban J connectivity index is 1.87. The number of hydrogen-bond donors (Lipinski definition) is 2. The van der Waals surface area contributed by atoms with E-state index in [1.807, 2.05) is 31.2 Å². The number of para-hydroxylation sites is 1. The summed E-state index contributed by atoms with van der Waals surface area (Å²) < 4.78 is 5.31. The second-order valence-corrected chi connectivity index (χ2v) is 6.80. The summed E-state index contributed by atoms with van der Waals surface area (Å²) >= 11 is 0. The van der Waals surface area contributed by atoms with Crippen LogP contribution in [0.15, 0.2) is 24.3 Å². The summed E-state index contributed by atoms with van der Waals surface area (Å²) in [6.07, 6.45) is 0.822. The fraction of sp³-hybridized carbons (Fsp3) is 0.579. The van der Waals surface area contributed by atoms with E-state index in [4.69, 9.17) is 4.74 Å². The van der Waals surface area contributed by atoms with E-state index < -0.39 is 5.41 Å². The summed E-state index contributed by atoms with van der Waals surface area (Å²) in [4.78, 5) is 27.3. The number of benzene rings is 1. The number of carbonyl (C=O) groups is 2. The predicted molar refractivity (Wildman–Crippen MR) is 98.5 cm³/mol. The third-order valence-electron chi connectivity index (χ3n) is 4.60. The number of carbonyl (C=O) groups excluding carboxylic acids is 2. The molecule has 1 aliphatic rings. The molecule has 2 rings (SSSR count). The second kappa shape index (κ2) is 8.97. The molecule has 1 aromatic carbocycles. The third-order valence-corrected chi connectivity index (χ3v) is 4.60. The van der Waals surface area contributed by atoms with Gasteiger partial charge in [0.15, 0.2) is 0 Å². The topological polar surface area (TPSA) is 70.7 Å². The van der Waals surface area contributed by atoms with E-state index in [2.05, 4.69) is 15.5 Å². The van der Waals surface area contributed by atoms with Gasteiger partial charge in [-0.25, -0.2) is 0 Å². The summed E-state index contributed by atoms with van der Waals surface area (Å²) in [6, 6.07) is 7.66. The zero-order valence-electron chi connectivity index (χ0n) is 15.4. The third kappa shape index (κ3) is 5.28. The zero-order chi connectivity index (χ0) is 18.3. The van der Waals surface area contributed by atoms with Crippen molar-refractivity contribution in [3.63, 3.8) is 0 Å². The van der Waals surface area contributed by atoms with Gasteiger partial charge in [-0.1, -0.05) is 25.1 Å². The molecule has 138 valence electrons. The molecular formula is C19H29N3O3. The molecule has 0 unspecified atom stereocenters. The minimum absolute atomic E-state index is 0.257. The number of morpholine rings is 1. The molecule has 1 aromatic rings. The van der Waals surface area contributed by atoms with Crippen molar-refractivity contribution in [1.82, 2.24) is 10.2 Å². The van der Waals surface area contributed by atoms with Crippen LogP contribution >= 0.6 is 0 Å². The van der Waals surface area contributed by atoms with Crippen molar-refractivity contribution in [2.24, 2.45) is 5.41 Å². The lowest BCUT2D eigenvalue weighted by Gasteiger charge is -2.28. The van der Waals surface area contributed by atoms with Gasteiger partial charge in [-0.05, 0) is 31.9 Å². The molecule has 1 heterocycles. The Kier molecular flexibility index (Phi) is 6.96. The smallest absolute Gasteiger partial charge is 0.239 e. The van der Waals surface area contributed by atoms with E-state index in [0.717, 1.165) is 50.5 Å². The fourth-order valence-electron chi connectivity index (χ4n) is 2.71. The van der Waals surface area contributed by atoms with Crippen molar-refractivity contribution >= 4 is 17.5 Å². The summed E-state index contributed by atoms with van der Waals surface area (Å²) in [5.41, 5.74) is 0.690. The molecule has 1 aliphatic heterocycles. The van der Waals surface area contributed by atoms with Crippen molar-refractivity contribution in [2.75, 3.05) is 44.7 Å². The first kappa shape index (κ1) is 19.4. The highest BCUT2D eigenvalue weighted by atomic mass is 16.5. The Morgan fingerprint density at radius 2 is 1.84 bits per heavy atom. The summed E-state index contributed by atoms with van der Waals surface area (Å²) in [5.74, 6) is -0.551. The van der Waals surface area contributed by atoms with E-state index in [0.29, 0.717) is 6.54 Å². The van der Waals surface area contributed by atoms with Crippen LogP contribution in [0, 0.1) is 5.41 Å².